The third kappa shape index (κ3) is 5.46. The van der Waals surface area contributed by atoms with Gasteiger partial charge in [-0.2, -0.15) is 21.6 Å². The Morgan fingerprint density at radius 1 is 1.24 bits per heavy atom. The number of hydrogen-bond donors (Lipinski definition) is 0. The van der Waals surface area contributed by atoms with Gasteiger partial charge in [-0.1, -0.05) is 38.4 Å². The molecular weight excluding hydrogens is 449 g/mol. The fourth-order valence-electron chi connectivity index (χ4n) is 2.67. The van der Waals surface area contributed by atoms with Crippen LogP contribution in [0.3, 0.4) is 0 Å². The Morgan fingerprint density at radius 2 is 1.86 bits per heavy atom. The molecule has 0 spiro atoms. The molecular formula is C18H26ClF3O5SSi. The molecule has 1 aliphatic heterocycles. The molecule has 0 saturated heterocycles. The monoisotopic (exact) mass is 474 g/mol. The van der Waals surface area contributed by atoms with Crippen LogP contribution in [-0.4, -0.2) is 35.5 Å². The minimum Gasteiger partial charge on any atom is -0.417 e. The van der Waals surface area contributed by atoms with Gasteiger partial charge >= 0.3 is 15.6 Å². The minimum atomic E-state index is -5.79. The van der Waals surface area contributed by atoms with Gasteiger partial charge in [-0.05, 0) is 48.2 Å². The van der Waals surface area contributed by atoms with Crippen molar-refractivity contribution in [2.75, 3.05) is 13.2 Å². The number of hydrogen-bond acceptors (Lipinski definition) is 5. The minimum absolute atomic E-state index is 0.0673. The van der Waals surface area contributed by atoms with E-state index in [1.165, 1.54) is 6.07 Å². The number of fused-ring (bicyclic) bond motifs is 1. The summed E-state index contributed by atoms with van der Waals surface area (Å²) in [7, 11) is -7.71. The second-order valence-corrected chi connectivity index (χ2v) is 15.2. The van der Waals surface area contributed by atoms with Crippen molar-refractivity contribution in [2.45, 2.75) is 63.4 Å². The summed E-state index contributed by atoms with van der Waals surface area (Å²) in [6.07, 6.45) is 0.558. The van der Waals surface area contributed by atoms with E-state index in [4.69, 9.17) is 20.8 Å². The molecule has 1 aliphatic rings. The Morgan fingerprint density at radius 3 is 2.41 bits per heavy atom. The predicted octanol–water partition coefficient (Wildman–Crippen LogP) is 5.59. The molecule has 0 fully saturated rings. The summed E-state index contributed by atoms with van der Waals surface area (Å²) in [6.45, 7) is 11.5. The number of halogens is 4. The van der Waals surface area contributed by atoms with Crippen molar-refractivity contribution in [3.63, 3.8) is 0 Å². The summed E-state index contributed by atoms with van der Waals surface area (Å²) in [5.74, 6) is -0.541. The molecule has 1 aromatic carbocycles. The smallest absolute Gasteiger partial charge is 0.417 e. The molecule has 0 radical (unpaired) electrons. The summed E-state index contributed by atoms with van der Waals surface area (Å²) in [5, 5.41) is -0.0772. The average molecular weight is 475 g/mol. The topological polar surface area (TPSA) is 61.8 Å². The molecule has 0 N–H and O–H groups in total. The van der Waals surface area contributed by atoms with E-state index >= 15 is 0 Å². The first-order valence-electron chi connectivity index (χ1n) is 9.14. The normalized spacial score (nSPS) is 18.4. The van der Waals surface area contributed by atoms with E-state index in [-0.39, 0.29) is 16.2 Å². The standard InChI is InChI=1S/C18H26ClF3O5SSi/c1-17(2,3)29(4,5)26-11-9-14-12-6-7-15(16(19)13(12)8-10-25-14)27-28(23,24)18(20,21)22/h6-7,14H,8-11H2,1-5H3. The van der Waals surface area contributed by atoms with Gasteiger partial charge in [0.1, 0.15) is 0 Å². The molecule has 0 saturated carbocycles. The third-order valence-electron chi connectivity index (χ3n) is 5.39. The van der Waals surface area contributed by atoms with Crippen molar-refractivity contribution < 1.29 is 34.9 Å². The second-order valence-electron chi connectivity index (χ2n) is 8.44. The third-order valence-corrected chi connectivity index (χ3v) is 11.3. The molecule has 29 heavy (non-hydrogen) atoms. The van der Waals surface area contributed by atoms with Crippen molar-refractivity contribution in [3.05, 3.63) is 28.3 Å². The molecule has 0 aliphatic carbocycles. The highest BCUT2D eigenvalue weighted by atomic mass is 35.5. The number of alkyl halides is 3. The fourth-order valence-corrected chi connectivity index (χ4v) is 4.55. The summed E-state index contributed by atoms with van der Waals surface area (Å²) >= 11 is 6.18. The largest absolute Gasteiger partial charge is 0.534 e. The van der Waals surface area contributed by atoms with Crippen LogP contribution in [0.1, 0.15) is 44.4 Å². The van der Waals surface area contributed by atoms with Crippen molar-refractivity contribution in [1.29, 1.82) is 0 Å². The van der Waals surface area contributed by atoms with E-state index in [1.54, 1.807) is 0 Å². The molecule has 1 heterocycles. The molecule has 11 heteroatoms. The van der Waals surface area contributed by atoms with Gasteiger partial charge in [0, 0.05) is 6.61 Å². The van der Waals surface area contributed by atoms with Crippen molar-refractivity contribution in [2.24, 2.45) is 0 Å². The molecule has 1 atom stereocenters. The average Bonchev–Trinajstić information content (AvgIpc) is 2.55. The van der Waals surface area contributed by atoms with Crippen LogP contribution in [0, 0.1) is 0 Å². The number of ether oxygens (including phenoxy) is 1. The van der Waals surface area contributed by atoms with E-state index in [0.717, 1.165) is 6.07 Å². The summed E-state index contributed by atoms with van der Waals surface area (Å²) in [5.41, 5.74) is -4.29. The molecule has 0 aromatic heterocycles. The Bertz CT molecular complexity index is 850. The van der Waals surface area contributed by atoms with Gasteiger partial charge in [-0.15, -0.1) is 0 Å². The zero-order chi connectivity index (χ0) is 22.3. The summed E-state index contributed by atoms with van der Waals surface area (Å²) in [6, 6.07) is 2.62. The van der Waals surface area contributed by atoms with Crippen molar-refractivity contribution in [1.82, 2.24) is 0 Å². The molecule has 166 valence electrons. The zero-order valence-electron chi connectivity index (χ0n) is 17.0. The van der Waals surface area contributed by atoms with Gasteiger partial charge in [0.15, 0.2) is 14.1 Å². The second kappa shape index (κ2) is 8.37. The first-order chi connectivity index (χ1) is 13.1. The van der Waals surface area contributed by atoms with Crippen LogP contribution in [0.15, 0.2) is 12.1 Å². The van der Waals surface area contributed by atoms with E-state index in [2.05, 4.69) is 38.0 Å². The van der Waals surface area contributed by atoms with Gasteiger partial charge in [0.05, 0.1) is 17.7 Å². The lowest BCUT2D eigenvalue weighted by Crippen LogP contribution is -2.41. The lowest BCUT2D eigenvalue weighted by Gasteiger charge is -2.37. The molecule has 0 amide bonds. The molecule has 2 rings (SSSR count). The van der Waals surface area contributed by atoms with Gasteiger partial charge in [-0.3, -0.25) is 0 Å². The van der Waals surface area contributed by atoms with Crippen LogP contribution in [0.5, 0.6) is 5.75 Å². The van der Waals surface area contributed by atoms with Gasteiger partial charge < -0.3 is 13.3 Å². The Hall–Kier alpha value is -0.813. The SMILES string of the molecule is CC(C)(C)[Si](C)(C)OCCC1OCCc2c1ccc(OS(=O)(=O)C(F)(F)F)c2Cl. The van der Waals surface area contributed by atoms with Crippen LogP contribution in [0.25, 0.3) is 0 Å². The fraction of sp³-hybridized carbons (Fsp3) is 0.667. The van der Waals surface area contributed by atoms with E-state index in [9.17, 15) is 21.6 Å². The summed E-state index contributed by atoms with van der Waals surface area (Å²) < 4.78 is 76.5. The Balaban J connectivity index is 2.18. The van der Waals surface area contributed by atoms with E-state index in [1.807, 2.05) is 0 Å². The quantitative estimate of drug-likeness (QED) is 0.305. The lowest BCUT2D eigenvalue weighted by atomic mass is 9.95. The highest BCUT2D eigenvalue weighted by Crippen LogP contribution is 2.41. The highest BCUT2D eigenvalue weighted by molar-refractivity contribution is 7.88. The van der Waals surface area contributed by atoms with Crippen molar-refractivity contribution >= 4 is 30.0 Å². The Kier molecular flexibility index (Phi) is 7.06. The maximum atomic E-state index is 12.6. The molecule has 1 aromatic rings. The first kappa shape index (κ1) is 24.5. The predicted molar refractivity (Wildman–Crippen MR) is 107 cm³/mol. The van der Waals surface area contributed by atoms with Crippen LogP contribution >= 0.6 is 11.6 Å². The van der Waals surface area contributed by atoms with Gasteiger partial charge in [-0.25, -0.2) is 0 Å². The number of rotatable bonds is 6. The van der Waals surface area contributed by atoms with Crippen LogP contribution < -0.4 is 4.18 Å². The zero-order valence-corrected chi connectivity index (χ0v) is 19.6. The maximum Gasteiger partial charge on any atom is 0.534 e. The van der Waals surface area contributed by atoms with Crippen LogP contribution in [-0.2, 0) is 25.7 Å². The highest BCUT2D eigenvalue weighted by Gasteiger charge is 2.49. The summed E-state index contributed by atoms with van der Waals surface area (Å²) in [4.78, 5) is 0. The Labute approximate surface area is 175 Å². The molecule has 5 nitrogen and oxygen atoms in total. The molecule has 1 unspecified atom stereocenters. The number of benzene rings is 1. The maximum absolute atomic E-state index is 12.6. The van der Waals surface area contributed by atoms with Crippen LogP contribution in [0.2, 0.25) is 23.2 Å². The van der Waals surface area contributed by atoms with Gasteiger partial charge in [0.2, 0.25) is 0 Å². The van der Waals surface area contributed by atoms with Gasteiger partial charge in [0.25, 0.3) is 0 Å². The van der Waals surface area contributed by atoms with E-state index < -0.39 is 29.7 Å². The lowest BCUT2D eigenvalue weighted by molar-refractivity contribution is -0.0500. The first-order valence-corrected chi connectivity index (χ1v) is 13.8. The van der Waals surface area contributed by atoms with Crippen LogP contribution in [0.4, 0.5) is 13.2 Å². The van der Waals surface area contributed by atoms with E-state index in [0.29, 0.717) is 37.2 Å². The molecule has 0 bridgehead atoms. The van der Waals surface area contributed by atoms with Crippen molar-refractivity contribution in [3.8, 4) is 5.75 Å².